The minimum atomic E-state index is -1.02. The highest BCUT2D eigenvalue weighted by Gasteiger charge is 2.51. The lowest BCUT2D eigenvalue weighted by Gasteiger charge is -2.23. The van der Waals surface area contributed by atoms with E-state index in [0.717, 1.165) is 0 Å². The van der Waals surface area contributed by atoms with E-state index in [0.29, 0.717) is 18.8 Å². The summed E-state index contributed by atoms with van der Waals surface area (Å²) in [5.74, 6) is -3.01. The Kier molecular flexibility index (Phi) is 4.43. The van der Waals surface area contributed by atoms with Gasteiger partial charge in [0.2, 0.25) is 5.91 Å². The quantitative estimate of drug-likeness (QED) is 0.464. The van der Waals surface area contributed by atoms with Crippen molar-refractivity contribution < 1.29 is 24.4 Å². The first-order valence-corrected chi connectivity index (χ1v) is 8.05. The molecular weight excluding hydrogens is 328 g/mol. The number of carbonyl (C=O) groups is 2. The van der Waals surface area contributed by atoms with Crippen LogP contribution < -0.4 is 10.1 Å². The maximum atomic E-state index is 12.6. The second-order valence-corrected chi connectivity index (χ2v) is 6.20. The molecule has 1 aromatic carbocycles. The molecular formula is C17H18N2O6. The number of carboxylic acid groups (broad SMARTS) is 1. The van der Waals surface area contributed by atoms with Crippen molar-refractivity contribution in [1.29, 1.82) is 0 Å². The van der Waals surface area contributed by atoms with E-state index >= 15 is 0 Å². The van der Waals surface area contributed by atoms with Gasteiger partial charge in [-0.1, -0.05) is 12.2 Å². The fraction of sp³-hybridized carbons (Fsp3) is 0.412. The molecule has 2 N–H and O–H groups in total. The largest absolute Gasteiger partial charge is 0.494 e. The number of hydrogen-bond acceptors (Lipinski definition) is 5. The van der Waals surface area contributed by atoms with Crippen molar-refractivity contribution in [2.45, 2.75) is 13.3 Å². The Morgan fingerprint density at radius 1 is 1.32 bits per heavy atom. The molecule has 8 heteroatoms. The van der Waals surface area contributed by atoms with Gasteiger partial charge >= 0.3 is 5.97 Å². The lowest BCUT2D eigenvalue weighted by Crippen LogP contribution is -2.36. The molecule has 2 aliphatic rings. The van der Waals surface area contributed by atoms with Gasteiger partial charge in [0.25, 0.3) is 5.69 Å². The first-order valence-electron chi connectivity index (χ1n) is 8.05. The Balaban J connectivity index is 1.84. The molecule has 1 aromatic rings. The third-order valence-electron chi connectivity index (χ3n) is 4.78. The third-order valence-corrected chi connectivity index (χ3v) is 4.78. The number of rotatable bonds is 6. The summed E-state index contributed by atoms with van der Waals surface area (Å²) < 4.78 is 5.24. The summed E-state index contributed by atoms with van der Waals surface area (Å²) in [5, 5.41) is 23.2. The van der Waals surface area contributed by atoms with Crippen LogP contribution in [-0.2, 0) is 9.59 Å². The third kappa shape index (κ3) is 3.07. The topological polar surface area (TPSA) is 119 Å². The number of nitrogens with one attached hydrogen (secondary N) is 1. The van der Waals surface area contributed by atoms with Crippen LogP contribution >= 0.6 is 0 Å². The summed E-state index contributed by atoms with van der Waals surface area (Å²) in [4.78, 5) is 34.8. The highest BCUT2D eigenvalue weighted by atomic mass is 16.6. The molecule has 8 nitrogen and oxygen atoms in total. The van der Waals surface area contributed by atoms with E-state index in [2.05, 4.69) is 5.32 Å². The van der Waals surface area contributed by atoms with Crippen molar-refractivity contribution in [3.05, 3.63) is 40.5 Å². The molecule has 0 radical (unpaired) electrons. The molecule has 0 aromatic heterocycles. The van der Waals surface area contributed by atoms with Crippen molar-refractivity contribution in [1.82, 2.24) is 0 Å². The molecule has 0 saturated heterocycles. The van der Waals surface area contributed by atoms with Crippen molar-refractivity contribution in [2.24, 2.45) is 23.7 Å². The number of benzene rings is 1. The van der Waals surface area contributed by atoms with Crippen LogP contribution in [0, 0.1) is 33.8 Å². The number of amides is 1. The summed E-state index contributed by atoms with van der Waals surface area (Å²) in [6, 6.07) is 4.18. The molecule has 2 bridgehead atoms. The number of carbonyl (C=O) groups excluding carboxylic acids is 1. The van der Waals surface area contributed by atoms with Gasteiger partial charge in [-0.15, -0.1) is 0 Å². The monoisotopic (exact) mass is 346 g/mol. The minimum Gasteiger partial charge on any atom is -0.494 e. The molecule has 2 aliphatic carbocycles. The van der Waals surface area contributed by atoms with Gasteiger partial charge in [-0.25, -0.2) is 0 Å². The van der Waals surface area contributed by atoms with Gasteiger partial charge in [-0.2, -0.15) is 0 Å². The number of nitrogens with zero attached hydrogens (tertiary/aromatic N) is 1. The van der Waals surface area contributed by atoms with E-state index in [1.54, 1.807) is 6.92 Å². The maximum Gasteiger partial charge on any atom is 0.307 e. The summed E-state index contributed by atoms with van der Waals surface area (Å²) in [7, 11) is 0. The zero-order valence-electron chi connectivity index (χ0n) is 13.5. The smallest absolute Gasteiger partial charge is 0.307 e. The normalized spacial score (nSPS) is 26.4. The van der Waals surface area contributed by atoms with E-state index in [9.17, 15) is 24.8 Å². The fourth-order valence-corrected chi connectivity index (χ4v) is 3.76. The zero-order chi connectivity index (χ0) is 18.1. The molecule has 25 heavy (non-hydrogen) atoms. The first-order chi connectivity index (χ1) is 11.9. The summed E-state index contributed by atoms with van der Waals surface area (Å²) in [6.45, 7) is 2.12. The Labute approximate surface area is 143 Å². The van der Waals surface area contributed by atoms with E-state index in [1.807, 2.05) is 12.2 Å². The van der Waals surface area contributed by atoms with Crippen LogP contribution in [-0.4, -0.2) is 28.5 Å². The van der Waals surface area contributed by atoms with E-state index < -0.39 is 28.6 Å². The predicted molar refractivity (Wildman–Crippen MR) is 88.2 cm³/mol. The first kappa shape index (κ1) is 16.9. The van der Waals surface area contributed by atoms with Crippen LogP contribution in [0.5, 0.6) is 5.75 Å². The lowest BCUT2D eigenvalue weighted by atomic mass is 9.82. The number of aliphatic carboxylic acids is 1. The average Bonchev–Trinajstić information content (AvgIpc) is 3.17. The summed E-state index contributed by atoms with van der Waals surface area (Å²) in [6.07, 6.45) is 4.33. The number of hydrogen-bond donors (Lipinski definition) is 2. The van der Waals surface area contributed by atoms with Crippen LogP contribution in [0.15, 0.2) is 30.4 Å². The van der Waals surface area contributed by atoms with Gasteiger partial charge in [0, 0.05) is 0 Å². The van der Waals surface area contributed by atoms with Crippen molar-refractivity contribution in [2.75, 3.05) is 11.9 Å². The standard InChI is InChI=1S/C17H18N2O6/c1-2-25-11-5-6-12(13(8-11)19(23)24)18-16(20)14-9-3-4-10(7-9)15(14)17(21)22/h3-6,8-10,14-15H,2,7H2,1H3,(H,18,20)(H,21,22)/t9-,10+,14-,15+/m1/s1. The SMILES string of the molecule is CCOc1ccc(NC(=O)[C@H]2[C@@H](C(=O)O)[C@H]3C=C[C@@H]2C3)c([N+](=O)[O-])c1. The number of nitro groups is 1. The van der Waals surface area contributed by atoms with E-state index in [-0.39, 0.29) is 23.2 Å². The molecule has 0 unspecified atom stereocenters. The number of allylic oxidation sites excluding steroid dienone is 2. The Bertz CT molecular complexity index is 760. The summed E-state index contributed by atoms with van der Waals surface area (Å²) in [5.41, 5.74) is -0.251. The highest BCUT2D eigenvalue weighted by molar-refractivity contribution is 5.98. The number of carboxylic acids is 1. The molecule has 0 spiro atoms. The number of ether oxygens (including phenoxy) is 1. The van der Waals surface area contributed by atoms with Gasteiger partial charge in [-0.3, -0.25) is 19.7 Å². The van der Waals surface area contributed by atoms with Gasteiger partial charge in [-0.05, 0) is 37.3 Å². The van der Waals surface area contributed by atoms with Gasteiger partial charge < -0.3 is 15.2 Å². The predicted octanol–water partition coefficient (Wildman–Crippen LogP) is 2.45. The van der Waals surface area contributed by atoms with E-state index in [1.165, 1.54) is 18.2 Å². The van der Waals surface area contributed by atoms with Crippen LogP contribution in [0.2, 0.25) is 0 Å². The lowest BCUT2D eigenvalue weighted by molar-refractivity contribution is -0.384. The molecule has 0 heterocycles. The molecule has 1 fully saturated rings. The number of fused-ring (bicyclic) bond motifs is 2. The molecule has 3 rings (SSSR count). The molecule has 0 aliphatic heterocycles. The van der Waals surface area contributed by atoms with Crippen LogP contribution in [0.25, 0.3) is 0 Å². The van der Waals surface area contributed by atoms with E-state index in [4.69, 9.17) is 4.74 Å². The Morgan fingerprint density at radius 2 is 2.00 bits per heavy atom. The molecule has 1 amide bonds. The van der Waals surface area contributed by atoms with Gasteiger partial charge in [0.1, 0.15) is 11.4 Å². The minimum absolute atomic E-state index is 0.0364. The van der Waals surface area contributed by atoms with Crippen LogP contribution in [0.1, 0.15) is 13.3 Å². The van der Waals surface area contributed by atoms with Gasteiger partial charge in [0.05, 0.1) is 29.4 Å². The molecule has 4 atom stereocenters. The summed E-state index contributed by atoms with van der Waals surface area (Å²) >= 11 is 0. The van der Waals surface area contributed by atoms with Crippen LogP contribution in [0.4, 0.5) is 11.4 Å². The van der Waals surface area contributed by atoms with Gasteiger partial charge in [0.15, 0.2) is 0 Å². The van der Waals surface area contributed by atoms with Crippen molar-refractivity contribution in [3.63, 3.8) is 0 Å². The second kappa shape index (κ2) is 6.54. The van der Waals surface area contributed by atoms with Crippen molar-refractivity contribution >= 4 is 23.3 Å². The fourth-order valence-electron chi connectivity index (χ4n) is 3.76. The maximum absolute atomic E-state index is 12.6. The Morgan fingerprint density at radius 3 is 2.60 bits per heavy atom. The second-order valence-electron chi connectivity index (χ2n) is 6.20. The van der Waals surface area contributed by atoms with Crippen molar-refractivity contribution in [3.8, 4) is 5.75 Å². The number of nitro benzene ring substituents is 1. The average molecular weight is 346 g/mol. The number of anilines is 1. The highest BCUT2D eigenvalue weighted by Crippen LogP contribution is 2.48. The zero-order valence-corrected chi connectivity index (χ0v) is 13.5. The van der Waals surface area contributed by atoms with Crippen LogP contribution in [0.3, 0.4) is 0 Å². The molecule has 132 valence electrons. The molecule has 1 saturated carbocycles. The Hall–Kier alpha value is -2.90.